The lowest BCUT2D eigenvalue weighted by atomic mass is 9.93. The molecule has 1 unspecified atom stereocenters. The van der Waals surface area contributed by atoms with Crippen LogP contribution in [-0.2, 0) is 0 Å². The Morgan fingerprint density at radius 2 is 1.52 bits per heavy atom. The molecule has 4 aromatic carbocycles. The third kappa shape index (κ3) is 4.25. The molecule has 0 radical (unpaired) electrons. The van der Waals surface area contributed by atoms with Crippen molar-refractivity contribution in [2.75, 3.05) is 29.2 Å². The van der Waals surface area contributed by atoms with Gasteiger partial charge in [-0.05, 0) is 79.9 Å². The van der Waals surface area contributed by atoms with Gasteiger partial charge in [0, 0.05) is 31.0 Å². The van der Waals surface area contributed by atoms with E-state index in [2.05, 4.69) is 123 Å². The fourth-order valence-electron chi connectivity index (χ4n) is 5.82. The van der Waals surface area contributed by atoms with Crippen molar-refractivity contribution in [3.63, 3.8) is 0 Å². The molecule has 7 rings (SSSR count). The van der Waals surface area contributed by atoms with Crippen LogP contribution in [0.25, 0.3) is 5.69 Å². The number of aliphatic imine (C=N–C) groups is 2. The summed E-state index contributed by atoms with van der Waals surface area (Å²) in [7, 11) is 4.13. The molecule has 1 atom stereocenters. The van der Waals surface area contributed by atoms with Gasteiger partial charge in [-0.25, -0.2) is 14.7 Å². The van der Waals surface area contributed by atoms with E-state index in [9.17, 15) is 0 Å². The second-order valence-electron chi connectivity index (χ2n) is 11.2. The zero-order valence-corrected chi connectivity index (χ0v) is 24.5. The molecule has 5 aromatic rings. The number of nitrogens with one attached hydrogen (secondary N) is 1. The molecule has 0 saturated carbocycles. The lowest BCUT2D eigenvalue weighted by Crippen LogP contribution is -2.46. The van der Waals surface area contributed by atoms with Gasteiger partial charge in [-0.15, -0.1) is 0 Å². The number of fused-ring (bicyclic) bond motifs is 4. The number of hydrogen-bond acceptors (Lipinski definition) is 6. The van der Waals surface area contributed by atoms with Gasteiger partial charge in [0.05, 0.1) is 28.8 Å². The molecule has 1 N–H and O–H groups in total. The van der Waals surface area contributed by atoms with Crippen LogP contribution in [0.3, 0.4) is 0 Å². The number of nitrogens with zero attached hydrogens (tertiary/aromatic N) is 6. The van der Waals surface area contributed by atoms with Crippen molar-refractivity contribution >= 4 is 40.2 Å². The fraction of sp³-hybridized carbons (Fsp3) is 0.171. The largest absolute Gasteiger partial charge is 0.378 e. The molecule has 2 aliphatic heterocycles. The van der Waals surface area contributed by atoms with Gasteiger partial charge in [-0.3, -0.25) is 0 Å². The lowest BCUT2D eigenvalue weighted by molar-refractivity contribution is 0.815. The maximum Gasteiger partial charge on any atom is 0.179 e. The van der Waals surface area contributed by atoms with Gasteiger partial charge < -0.3 is 15.1 Å². The zero-order chi connectivity index (χ0) is 29.0. The van der Waals surface area contributed by atoms with E-state index in [1.165, 1.54) is 5.56 Å². The van der Waals surface area contributed by atoms with Gasteiger partial charge in [-0.2, -0.15) is 5.10 Å². The summed E-state index contributed by atoms with van der Waals surface area (Å²) in [6.07, 6.45) is 0. The summed E-state index contributed by atoms with van der Waals surface area (Å²) in [6.45, 7) is 6.30. The maximum absolute atomic E-state index is 5.36. The molecule has 3 heterocycles. The Bertz CT molecular complexity index is 1860. The average Bonchev–Trinajstić information content (AvgIpc) is 3.34. The van der Waals surface area contributed by atoms with Crippen LogP contribution in [0.1, 0.15) is 34.0 Å². The van der Waals surface area contributed by atoms with Crippen LogP contribution in [0.4, 0.5) is 28.6 Å². The highest BCUT2D eigenvalue weighted by Crippen LogP contribution is 2.48. The summed E-state index contributed by atoms with van der Waals surface area (Å²) in [4.78, 5) is 14.9. The first-order valence-electron chi connectivity index (χ1n) is 14.2. The topological polar surface area (TPSA) is 61.1 Å². The van der Waals surface area contributed by atoms with Gasteiger partial charge in [0.25, 0.3) is 0 Å². The third-order valence-corrected chi connectivity index (χ3v) is 8.01. The second kappa shape index (κ2) is 10.0. The van der Waals surface area contributed by atoms with E-state index in [1.807, 2.05) is 28.9 Å². The van der Waals surface area contributed by atoms with E-state index in [-0.39, 0.29) is 6.04 Å². The van der Waals surface area contributed by atoms with Gasteiger partial charge in [-0.1, -0.05) is 54.6 Å². The van der Waals surface area contributed by atoms with Crippen LogP contribution in [-0.4, -0.2) is 35.5 Å². The first kappa shape index (κ1) is 25.8. The van der Waals surface area contributed by atoms with Gasteiger partial charge in [0.2, 0.25) is 0 Å². The van der Waals surface area contributed by atoms with Crippen LogP contribution < -0.4 is 15.1 Å². The highest BCUT2D eigenvalue weighted by Gasteiger charge is 2.41. The Labute approximate surface area is 246 Å². The van der Waals surface area contributed by atoms with Crippen molar-refractivity contribution in [3.05, 3.63) is 125 Å². The van der Waals surface area contributed by atoms with Crippen molar-refractivity contribution in [1.82, 2.24) is 9.78 Å². The monoisotopic (exact) mass is 551 g/mol. The molecule has 42 heavy (non-hydrogen) atoms. The molecule has 0 amide bonds. The Morgan fingerprint density at radius 1 is 0.786 bits per heavy atom. The summed E-state index contributed by atoms with van der Waals surface area (Å²) in [6, 6.07) is 33.6. The van der Waals surface area contributed by atoms with Crippen LogP contribution in [0.15, 0.2) is 107 Å². The molecular formula is C35H33N7. The lowest BCUT2D eigenvalue weighted by Gasteiger charge is -2.40. The van der Waals surface area contributed by atoms with Crippen molar-refractivity contribution in [2.45, 2.75) is 26.8 Å². The number of para-hydroxylation sites is 3. The standard InChI is InChI=1S/C35H33N7/c1-22-15-16-23(2)29(21-22)37-33-35-38-34-31(24(3)39-42(34)27-11-7-6-8-12-27)32(25-17-19-26(20-18-25)40(4)5)41(35)30-14-10-9-13-28(30)36-33/h6-21,32H,1-5H3,(H,36,37). The molecule has 1 aromatic heterocycles. The van der Waals surface area contributed by atoms with Crippen molar-refractivity contribution in [3.8, 4) is 5.69 Å². The first-order valence-corrected chi connectivity index (χ1v) is 14.2. The fourth-order valence-corrected chi connectivity index (χ4v) is 5.82. The molecule has 208 valence electrons. The SMILES string of the molecule is Cc1ccc(C)c(NC2=Nc3ccccc3N3C2=Nc2c(c(C)nn2-c2ccccc2)C3c2ccc(N(C)C)cc2)c1. The van der Waals surface area contributed by atoms with Crippen LogP contribution in [0.2, 0.25) is 0 Å². The number of rotatable bonds is 4. The molecule has 0 saturated heterocycles. The van der Waals surface area contributed by atoms with Gasteiger partial charge in [0.1, 0.15) is 0 Å². The zero-order valence-electron chi connectivity index (χ0n) is 24.5. The molecule has 0 spiro atoms. The van der Waals surface area contributed by atoms with E-state index in [1.54, 1.807) is 0 Å². The van der Waals surface area contributed by atoms with E-state index < -0.39 is 0 Å². The minimum absolute atomic E-state index is 0.159. The highest BCUT2D eigenvalue weighted by molar-refractivity contribution is 6.51. The molecule has 0 bridgehead atoms. The maximum atomic E-state index is 5.36. The highest BCUT2D eigenvalue weighted by atomic mass is 15.4. The molecule has 7 nitrogen and oxygen atoms in total. The minimum atomic E-state index is -0.159. The van der Waals surface area contributed by atoms with Crippen molar-refractivity contribution in [2.24, 2.45) is 9.98 Å². The Morgan fingerprint density at radius 3 is 2.29 bits per heavy atom. The van der Waals surface area contributed by atoms with Gasteiger partial charge >= 0.3 is 0 Å². The quantitative estimate of drug-likeness (QED) is 0.249. The van der Waals surface area contributed by atoms with Crippen LogP contribution in [0, 0.1) is 20.8 Å². The Balaban J connectivity index is 1.49. The first-order chi connectivity index (χ1) is 20.4. The van der Waals surface area contributed by atoms with Crippen LogP contribution in [0.5, 0.6) is 0 Å². The Hall–Kier alpha value is -5.17. The van der Waals surface area contributed by atoms with Crippen molar-refractivity contribution < 1.29 is 0 Å². The Kier molecular flexibility index (Phi) is 6.16. The number of amidine groups is 2. The number of aromatic nitrogens is 2. The minimum Gasteiger partial charge on any atom is -0.378 e. The smallest absolute Gasteiger partial charge is 0.179 e. The summed E-state index contributed by atoms with van der Waals surface area (Å²) < 4.78 is 1.96. The summed E-state index contributed by atoms with van der Waals surface area (Å²) in [5.41, 5.74) is 10.6. The summed E-state index contributed by atoms with van der Waals surface area (Å²) in [5.74, 6) is 2.30. The van der Waals surface area contributed by atoms with E-state index in [0.29, 0.717) is 5.84 Å². The number of benzene rings is 4. The predicted octanol–water partition coefficient (Wildman–Crippen LogP) is 7.66. The summed E-state index contributed by atoms with van der Waals surface area (Å²) in [5, 5.41) is 8.71. The van der Waals surface area contributed by atoms with Crippen molar-refractivity contribution in [1.29, 1.82) is 0 Å². The number of hydrogen-bond donors (Lipinski definition) is 1. The molecule has 2 aliphatic rings. The number of aryl methyl sites for hydroxylation is 3. The second-order valence-corrected chi connectivity index (χ2v) is 11.2. The van der Waals surface area contributed by atoms with Crippen LogP contribution >= 0.6 is 0 Å². The van der Waals surface area contributed by atoms with E-state index in [4.69, 9.17) is 15.1 Å². The normalized spacial score (nSPS) is 15.3. The molecule has 0 aliphatic carbocycles. The predicted molar refractivity (Wildman–Crippen MR) is 174 cm³/mol. The molecular weight excluding hydrogens is 518 g/mol. The summed E-state index contributed by atoms with van der Waals surface area (Å²) >= 11 is 0. The number of anilines is 3. The van der Waals surface area contributed by atoms with E-state index in [0.717, 1.165) is 62.5 Å². The molecule has 7 heteroatoms. The molecule has 0 fully saturated rings. The third-order valence-electron chi connectivity index (χ3n) is 8.01. The van der Waals surface area contributed by atoms with Gasteiger partial charge in [0.15, 0.2) is 17.5 Å². The van der Waals surface area contributed by atoms with E-state index >= 15 is 0 Å². The average molecular weight is 552 g/mol.